The van der Waals surface area contributed by atoms with Gasteiger partial charge in [0.2, 0.25) is 0 Å². The number of unbranched alkanes of at least 4 members (excludes halogenated alkanes) is 1. The molecule has 0 amide bonds. The van der Waals surface area contributed by atoms with Crippen molar-refractivity contribution < 1.29 is 9.90 Å². The number of aliphatic carboxylic acids is 1. The molecule has 1 N–H and O–H groups in total. The summed E-state index contributed by atoms with van der Waals surface area (Å²) in [5.74, 6) is -0.655. The van der Waals surface area contributed by atoms with E-state index in [0.717, 1.165) is 25.8 Å². The van der Waals surface area contributed by atoms with Gasteiger partial charge in [-0.3, -0.25) is 9.69 Å². The van der Waals surface area contributed by atoms with Crippen LogP contribution in [0.2, 0.25) is 0 Å². The highest BCUT2D eigenvalue weighted by atomic mass is 16.4. The van der Waals surface area contributed by atoms with Crippen LogP contribution < -0.4 is 0 Å². The molecule has 0 aromatic rings. The van der Waals surface area contributed by atoms with Crippen LogP contribution in [0.3, 0.4) is 0 Å². The first kappa shape index (κ1) is 12.5. The zero-order valence-corrected chi connectivity index (χ0v) is 10.1. The molecular weight excluding hydrogens is 190 g/mol. The van der Waals surface area contributed by atoms with Crippen molar-refractivity contribution in [2.75, 3.05) is 6.54 Å². The highest BCUT2D eigenvalue weighted by molar-refractivity contribution is 5.74. The van der Waals surface area contributed by atoms with Crippen molar-refractivity contribution in [1.82, 2.24) is 4.90 Å². The van der Waals surface area contributed by atoms with Crippen LogP contribution in [0.15, 0.2) is 0 Å². The van der Waals surface area contributed by atoms with Crippen LogP contribution in [0.5, 0.6) is 0 Å². The monoisotopic (exact) mass is 213 g/mol. The van der Waals surface area contributed by atoms with Crippen LogP contribution in [0, 0.1) is 0 Å². The van der Waals surface area contributed by atoms with Gasteiger partial charge in [-0.15, -0.1) is 0 Å². The lowest BCUT2D eigenvalue weighted by Crippen LogP contribution is -2.49. The summed E-state index contributed by atoms with van der Waals surface area (Å²) in [5.41, 5.74) is 0.0373. The third-order valence-corrected chi connectivity index (χ3v) is 3.46. The molecule has 0 aromatic heterocycles. The Morgan fingerprint density at radius 1 is 1.53 bits per heavy atom. The Hall–Kier alpha value is -0.570. The number of hydrogen-bond donors (Lipinski definition) is 1. The minimum Gasteiger partial charge on any atom is -0.480 e. The second kappa shape index (κ2) is 4.97. The fourth-order valence-electron chi connectivity index (χ4n) is 2.50. The van der Waals surface area contributed by atoms with Crippen LogP contribution in [0.25, 0.3) is 0 Å². The van der Waals surface area contributed by atoms with E-state index in [1.165, 1.54) is 12.8 Å². The van der Waals surface area contributed by atoms with Gasteiger partial charge in [0, 0.05) is 5.54 Å². The fraction of sp³-hybridized carbons (Fsp3) is 0.917. The number of nitrogens with zero attached hydrogens (tertiary/aromatic N) is 1. The van der Waals surface area contributed by atoms with E-state index in [0.29, 0.717) is 0 Å². The molecule has 1 aliphatic rings. The molecule has 3 nitrogen and oxygen atoms in total. The average Bonchev–Trinajstić information content (AvgIpc) is 2.63. The van der Waals surface area contributed by atoms with E-state index in [2.05, 4.69) is 25.7 Å². The molecule has 3 heteroatoms. The van der Waals surface area contributed by atoms with Gasteiger partial charge in [0.25, 0.3) is 0 Å². The topological polar surface area (TPSA) is 40.5 Å². The summed E-state index contributed by atoms with van der Waals surface area (Å²) < 4.78 is 0. The van der Waals surface area contributed by atoms with E-state index in [-0.39, 0.29) is 11.6 Å². The molecule has 0 radical (unpaired) electrons. The predicted molar refractivity (Wildman–Crippen MR) is 61.0 cm³/mol. The highest BCUT2D eigenvalue weighted by Crippen LogP contribution is 2.30. The smallest absolute Gasteiger partial charge is 0.320 e. The summed E-state index contributed by atoms with van der Waals surface area (Å²) in [4.78, 5) is 13.3. The Kier molecular flexibility index (Phi) is 4.14. The lowest BCUT2D eigenvalue weighted by Gasteiger charge is -2.38. The maximum atomic E-state index is 11.1. The van der Waals surface area contributed by atoms with E-state index >= 15 is 0 Å². The van der Waals surface area contributed by atoms with Gasteiger partial charge in [-0.1, -0.05) is 19.8 Å². The third kappa shape index (κ3) is 2.94. The number of carboxylic acid groups (broad SMARTS) is 1. The number of carboxylic acids is 1. The van der Waals surface area contributed by atoms with Crippen LogP contribution in [0.1, 0.15) is 52.9 Å². The van der Waals surface area contributed by atoms with Gasteiger partial charge in [0.05, 0.1) is 0 Å². The zero-order chi connectivity index (χ0) is 11.5. The molecule has 1 saturated heterocycles. The minimum atomic E-state index is -0.655. The molecule has 0 aliphatic carbocycles. The van der Waals surface area contributed by atoms with Gasteiger partial charge < -0.3 is 5.11 Å². The fourth-order valence-corrected chi connectivity index (χ4v) is 2.50. The SMILES string of the molecule is CCCCC(C)(C)N1CCCC1C(=O)O. The molecule has 1 fully saturated rings. The van der Waals surface area contributed by atoms with Gasteiger partial charge >= 0.3 is 5.97 Å². The van der Waals surface area contributed by atoms with Crippen molar-refractivity contribution in [3.63, 3.8) is 0 Å². The summed E-state index contributed by atoms with van der Waals surface area (Å²) in [6.07, 6.45) is 5.27. The Morgan fingerprint density at radius 2 is 2.20 bits per heavy atom. The maximum absolute atomic E-state index is 11.1. The first-order valence-electron chi connectivity index (χ1n) is 5.98. The summed E-state index contributed by atoms with van der Waals surface area (Å²) in [6.45, 7) is 7.45. The number of rotatable bonds is 5. The van der Waals surface area contributed by atoms with Crippen molar-refractivity contribution in [2.45, 2.75) is 64.5 Å². The molecule has 1 unspecified atom stereocenters. The summed E-state index contributed by atoms with van der Waals surface area (Å²) >= 11 is 0. The van der Waals surface area contributed by atoms with Crippen LogP contribution in [0.4, 0.5) is 0 Å². The summed E-state index contributed by atoms with van der Waals surface area (Å²) in [7, 11) is 0. The average molecular weight is 213 g/mol. The Labute approximate surface area is 92.5 Å². The van der Waals surface area contributed by atoms with Crippen molar-refractivity contribution in [3.8, 4) is 0 Å². The van der Waals surface area contributed by atoms with Crippen molar-refractivity contribution in [3.05, 3.63) is 0 Å². The number of likely N-dealkylation sites (tertiary alicyclic amines) is 1. The van der Waals surface area contributed by atoms with Crippen LogP contribution in [-0.4, -0.2) is 34.1 Å². The van der Waals surface area contributed by atoms with Crippen molar-refractivity contribution in [2.24, 2.45) is 0 Å². The molecule has 15 heavy (non-hydrogen) atoms. The summed E-state index contributed by atoms with van der Waals surface area (Å²) in [5, 5.41) is 9.13. The highest BCUT2D eigenvalue weighted by Gasteiger charge is 2.39. The zero-order valence-electron chi connectivity index (χ0n) is 10.1. The van der Waals surface area contributed by atoms with E-state index in [9.17, 15) is 4.79 Å². The molecular formula is C12H23NO2. The largest absolute Gasteiger partial charge is 0.480 e. The Morgan fingerprint density at radius 3 is 2.73 bits per heavy atom. The van der Waals surface area contributed by atoms with Crippen molar-refractivity contribution in [1.29, 1.82) is 0 Å². The third-order valence-electron chi connectivity index (χ3n) is 3.46. The predicted octanol–water partition coefficient (Wildman–Crippen LogP) is 2.50. The van der Waals surface area contributed by atoms with Gasteiger partial charge in [-0.2, -0.15) is 0 Å². The molecule has 0 bridgehead atoms. The maximum Gasteiger partial charge on any atom is 0.320 e. The van der Waals surface area contributed by atoms with Crippen molar-refractivity contribution >= 4 is 5.97 Å². The molecule has 1 heterocycles. The minimum absolute atomic E-state index is 0.0373. The van der Waals surface area contributed by atoms with Crippen LogP contribution in [-0.2, 0) is 4.79 Å². The molecule has 1 atom stereocenters. The molecule has 0 spiro atoms. The Bertz CT molecular complexity index is 226. The van der Waals surface area contributed by atoms with E-state index in [1.807, 2.05) is 0 Å². The normalized spacial score (nSPS) is 23.3. The van der Waals surface area contributed by atoms with Gasteiger partial charge in [-0.25, -0.2) is 0 Å². The number of hydrogen-bond acceptors (Lipinski definition) is 2. The molecule has 0 aromatic carbocycles. The van der Waals surface area contributed by atoms with Gasteiger partial charge in [0.15, 0.2) is 0 Å². The second-order valence-electron chi connectivity index (χ2n) is 5.11. The Balaban J connectivity index is 2.63. The lowest BCUT2D eigenvalue weighted by atomic mass is 9.94. The van der Waals surface area contributed by atoms with Crippen LogP contribution >= 0.6 is 0 Å². The molecule has 1 rings (SSSR count). The van der Waals surface area contributed by atoms with Gasteiger partial charge in [0.1, 0.15) is 6.04 Å². The second-order valence-corrected chi connectivity index (χ2v) is 5.11. The van der Waals surface area contributed by atoms with E-state index in [1.54, 1.807) is 0 Å². The standard InChI is InChI=1S/C12H23NO2/c1-4-5-8-12(2,3)13-9-6-7-10(13)11(14)15/h10H,4-9H2,1-3H3,(H,14,15). The van der Waals surface area contributed by atoms with E-state index in [4.69, 9.17) is 5.11 Å². The first-order valence-corrected chi connectivity index (χ1v) is 5.98. The van der Waals surface area contributed by atoms with E-state index < -0.39 is 5.97 Å². The molecule has 1 aliphatic heterocycles. The summed E-state index contributed by atoms with van der Waals surface area (Å²) in [6, 6.07) is -0.253. The first-order chi connectivity index (χ1) is 6.99. The lowest BCUT2D eigenvalue weighted by molar-refractivity contribution is -0.144. The number of carbonyl (C=O) groups is 1. The molecule has 88 valence electrons. The molecule has 0 saturated carbocycles. The van der Waals surface area contributed by atoms with Gasteiger partial charge in [-0.05, 0) is 39.7 Å². The quantitative estimate of drug-likeness (QED) is 0.763.